The average molecular weight is 319 g/mol. The number of carbonyl (C=O) groups excluding carboxylic acids is 1. The van der Waals surface area contributed by atoms with Crippen molar-refractivity contribution in [3.05, 3.63) is 35.5 Å². The molecule has 1 heterocycles. The van der Waals surface area contributed by atoms with Gasteiger partial charge in [0.2, 0.25) is 5.91 Å². The van der Waals surface area contributed by atoms with Gasteiger partial charge in [0.1, 0.15) is 5.88 Å². The summed E-state index contributed by atoms with van der Waals surface area (Å²) in [5, 5.41) is 4.22. The zero-order valence-electron chi connectivity index (χ0n) is 13.4. The van der Waals surface area contributed by atoms with Gasteiger partial charge in [-0.15, -0.1) is 11.6 Å². The first kappa shape index (κ1) is 15.4. The highest BCUT2D eigenvalue weighted by atomic mass is 35.5. The van der Waals surface area contributed by atoms with E-state index in [1.807, 2.05) is 0 Å². The van der Waals surface area contributed by atoms with Crippen LogP contribution in [0.15, 0.2) is 24.3 Å². The molecule has 2 atom stereocenters. The molecule has 1 aromatic heterocycles. The Hall–Kier alpha value is -1.48. The Bertz CT molecular complexity index is 704. The fourth-order valence-corrected chi connectivity index (χ4v) is 4.06. The number of benzene rings is 1. The SMILES string of the molecule is Cc1[nH]c2ccccc2c1C1C(CCNC(=O)CCl)C1(C)C. The lowest BCUT2D eigenvalue weighted by Gasteiger charge is -2.03. The number of H-pyrrole nitrogens is 1. The van der Waals surface area contributed by atoms with Crippen LogP contribution in [0.5, 0.6) is 0 Å². The Morgan fingerprint density at radius 1 is 1.36 bits per heavy atom. The van der Waals surface area contributed by atoms with Crippen molar-refractivity contribution in [3.63, 3.8) is 0 Å². The number of aromatic nitrogens is 1. The van der Waals surface area contributed by atoms with Gasteiger partial charge in [0.15, 0.2) is 0 Å². The van der Waals surface area contributed by atoms with Crippen molar-refractivity contribution in [1.29, 1.82) is 0 Å². The number of carbonyl (C=O) groups is 1. The molecule has 4 heteroatoms. The quantitative estimate of drug-likeness (QED) is 0.805. The molecule has 0 radical (unpaired) electrons. The molecule has 22 heavy (non-hydrogen) atoms. The van der Waals surface area contributed by atoms with Crippen LogP contribution in [0, 0.1) is 18.3 Å². The third-order valence-corrected chi connectivity index (χ3v) is 5.45. The summed E-state index contributed by atoms with van der Waals surface area (Å²) in [4.78, 5) is 14.8. The van der Waals surface area contributed by atoms with Crippen LogP contribution in [0.25, 0.3) is 10.9 Å². The van der Waals surface area contributed by atoms with Crippen molar-refractivity contribution in [2.24, 2.45) is 11.3 Å². The van der Waals surface area contributed by atoms with Crippen LogP contribution >= 0.6 is 11.6 Å². The summed E-state index contributed by atoms with van der Waals surface area (Å²) >= 11 is 5.52. The van der Waals surface area contributed by atoms with Gasteiger partial charge in [-0.2, -0.15) is 0 Å². The third-order valence-electron chi connectivity index (χ3n) is 5.20. The highest BCUT2D eigenvalue weighted by Gasteiger charge is 2.58. The molecule has 0 spiro atoms. The van der Waals surface area contributed by atoms with Crippen LogP contribution in [-0.2, 0) is 4.79 Å². The fraction of sp³-hybridized carbons (Fsp3) is 0.500. The maximum atomic E-state index is 11.3. The molecule has 1 saturated carbocycles. The minimum atomic E-state index is -0.0834. The Kier molecular flexibility index (Phi) is 3.94. The molecule has 0 aliphatic heterocycles. The second-order valence-electron chi connectivity index (χ2n) is 6.89. The Morgan fingerprint density at radius 2 is 2.09 bits per heavy atom. The smallest absolute Gasteiger partial charge is 0.234 e. The third kappa shape index (κ3) is 2.52. The molecule has 1 aromatic carbocycles. The first-order valence-corrected chi connectivity index (χ1v) is 8.40. The number of para-hydroxylation sites is 1. The molecule has 1 aliphatic rings. The van der Waals surface area contributed by atoms with E-state index >= 15 is 0 Å². The average Bonchev–Trinajstić information content (AvgIpc) is 2.86. The molecule has 118 valence electrons. The number of hydrogen-bond acceptors (Lipinski definition) is 1. The summed E-state index contributed by atoms with van der Waals surface area (Å²) in [6.45, 7) is 7.52. The van der Waals surface area contributed by atoms with Crippen LogP contribution in [0.3, 0.4) is 0 Å². The minimum Gasteiger partial charge on any atom is -0.358 e. The largest absolute Gasteiger partial charge is 0.358 e. The Labute approximate surface area is 136 Å². The highest BCUT2D eigenvalue weighted by molar-refractivity contribution is 6.27. The number of halogens is 1. The van der Waals surface area contributed by atoms with Gasteiger partial charge in [0.25, 0.3) is 0 Å². The lowest BCUT2D eigenvalue weighted by Crippen LogP contribution is -2.25. The lowest BCUT2D eigenvalue weighted by molar-refractivity contribution is -0.118. The normalized spacial score (nSPS) is 22.7. The molecule has 0 bridgehead atoms. The van der Waals surface area contributed by atoms with E-state index < -0.39 is 0 Å². The van der Waals surface area contributed by atoms with Crippen molar-refractivity contribution in [1.82, 2.24) is 10.3 Å². The van der Waals surface area contributed by atoms with Crippen molar-refractivity contribution < 1.29 is 4.79 Å². The molecule has 2 N–H and O–H groups in total. The molecule has 1 amide bonds. The standard InChI is InChI=1S/C18H23ClN2O/c1-11-16(12-6-4-5-7-14(12)21-11)17-13(18(17,2)3)8-9-20-15(22)10-19/h4-7,13,17,21H,8-10H2,1-3H3,(H,20,22). The molecular formula is C18H23ClN2O. The predicted octanol–water partition coefficient (Wildman–Crippen LogP) is 3.96. The Morgan fingerprint density at radius 3 is 2.82 bits per heavy atom. The summed E-state index contributed by atoms with van der Waals surface area (Å²) in [5.74, 6) is 1.11. The molecule has 0 saturated heterocycles. The molecule has 3 nitrogen and oxygen atoms in total. The zero-order valence-corrected chi connectivity index (χ0v) is 14.1. The minimum absolute atomic E-state index is 0.0407. The van der Waals surface area contributed by atoms with Gasteiger partial charge >= 0.3 is 0 Å². The second kappa shape index (κ2) is 5.62. The number of amides is 1. The number of aromatic amines is 1. The van der Waals surface area contributed by atoms with E-state index in [2.05, 4.69) is 55.3 Å². The molecule has 1 aliphatic carbocycles. The fourth-order valence-electron chi connectivity index (χ4n) is 3.97. The second-order valence-corrected chi connectivity index (χ2v) is 7.15. The van der Waals surface area contributed by atoms with Gasteiger partial charge in [-0.1, -0.05) is 32.0 Å². The van der Waals surface area contributed by atoms with Gasteiger partial charge in [-0.05, 0) is 42.2 Å². The molecule has 2 unspecified atom stereocenters. The molecule has 3 rings (SSSR count). The van der Waals surface area contributed by atoms with Crippen molar-refractivity contribution in [2.75, 3.05) is 12.4 Å². The number of fused-ring (bicyclic) bond motifs is 1. The van der Waals surface area contributed by atoms with Crippen LogP contribution in [0.1, 0.15) is 37.4 Å². The van der Waals surface area contributed by atoms with E-state index in [4.69, 9.17) is 11.6 Å². The van der Waals surface area contributed by atoms with Gasteiger partial charge in [-0.3, -0.25) is 4.79 Å². The summed E-state index contributed by atoms with van der Waals surface area (Å²) in [6, 6.07) is 8.51. The van der Waals surface area contributed by atoms with E-state index in [1.54, 1.807) is 0 Å². The van der Waals surface area contributed by atoms with Gasteiger partial charge < -0.3 is 10.3 Å². The summed E-state index contributed by atoms with van der Waals surface area (Å²) in [5.41, 5.74) is 4.22. The van der Waals surface area contributed by atoms with Gasteiger partial charge in [-0.25, -0.2) is 0 Å². The summed E-state index contributed by atoms with van der Waals surface area (Å²) in [6.07, 6.45) is 0.999. The monoisotopic (exact) mass is 318 g/mol. The van der Waals surface area contributed by atoms with Crippen LogP contribution < -0.4 is 5.32 Å². The van der Waals surface area contributed by atoms with Gasteiger partial charge in [0, 0.05) is 23.1 Å². The maximum absolute atomic E-state index is 11.3. The lowest BCUT2D eigenvalue weighted by atomic mass is 10.0. The van der Waals surface area contributed by atoms with Crippen LogP contribution in [-0.4, -0.2) is 23.3 Å². The van der Waals surface area contributed by atoms with E-state index in [0.717, 1.165) is 6.42 Å². The van der Waals surface area contributed by atoms with Crippen molar-refractivity contribution in [2.45, 2.75) is 33.1 Å². The number of alkyl halides is 1. The van der Waals surface area contributed by atoms with Crippen LogP contribution in [0.4, 0.5) is 0 Å². The summed E-state index contributed by atoms with van der Waals surface area (Å²) < 4.78 is 0. The maximum Gasteiger partial charge on any atom is 0.234 e. The van der Waals surface area contributed by atoms with E-state index in [9.17, 15) is 4.79 Å². The van der Waals surface area contributed by atoms with E-state index in [1.165, 1.54) is 22.2 Å². The van der Waals surface area contributed by atoms with E-state index in [0.29, 0.717) is 18.4 Å². The van der Waals surface area contributed by atoms with Crippen molar-refractivity contribution >= 4 is 28.4 Å². The molecular weight excluding hydrogens is 296 g/mol. The number of rotatable bonds is 5. The first-order chi connectivity index (χ1) is 10.5. The molecule has 2 aromatic rings. The molecule has 1 fully saturated rings. The van der Waals surface area contributed by atoms with E-state index in [-0.39, 0.29) is 17.2 Å². The number of hydrogen-bond donors (Lipinski definition) is 2. The van der Waals surface area contributed by atoms with Crippen LogP contribution in [0.2, 0.25) is 0 Å². The highest BCUT2D eigenvalue weighted by Crippen LogP contribution is 2.67. The Balaban J connectivity index is 1.79. The predicted molar refractivity (Wildman–Crippen MR) is 91.4 cm³/mol. The van der Waals surface area contributed by atoms with Crippen molar-refractivity contribution in [3.8, 4) is 0 Å². The zero-order chi connectivity index (χ0) is 15.9. The first-order valence-electron chi connectivity index (χ1n) is 7.86. The summed E-state index contributed by atoms with van der Waals surface area (Å²) in [7, 11) is 0. The number of aryl methyl sites for hydroxylation is 1. The topological polar surface area (TPSA) is 44.9 Å². The van der Waals surface area contributed by atoms with Gasteiger partial charge in [0.05, 0.1) is 0 Å². The number of nitrogens with one attached hydrogen (secondary N) is 2.